The minimum absolute atomic E-state index is 0.0347. The third kappa shape index (κ3) is 23.5. The number of rotatable bonds is 14. The van der Waals surface area contributed by atoms with Gasteiger partial charge >= 0.3 is 36.3 Å². The number of ether oxygens (including phenoxy) is 2. The number of nitrogens with zero attached hydrogens (tertiary/aromatic N) is 19. The van der Waals surface area contributed by atoms with Gasteiger partial charge in [0.1, 0.15) is 37.0 Å². The SMILES string of the molecule is C[C@@H]1[C@H](N)CCCN1C(=O)OCc1ccccc1.C[C@@H]1[C@H](N2CCCN(C)C2=O)CCCN1C(=O)OCc1ccccc1.C[C@@H]1[C@H](N2CCCN(C)C2=O)CCCN1c1cnc(C#N)c(Cl)n1.C[C@@H]1[C@H](N2CCCN(C)C2=O)CCCN1c1cnc(C#N)c(Nc2ccc(C3CCN(C4CCCC4)CC3)cc2)n1.C[C@H]1NCCC[C@H]1N1CCCN(C)C1=O. The minimum atomic E-state index is -0.293. The molecule has 10 amide bonds. The van der Waals surface area contributed by atoms with Crippen molar-refractivity contribution in [2.24, 2.45) is 5.73 Å². The Hall–Kier alpha value is -10.0. The van der Waals surface area contributed by atoms with Gasteiger partial charge in [0.2, 0.25) is 0 Å². The smallest absolute Gasteiger partial charge is 0.410 e. The van der Waals surface area contributed by atoms with Crippen LogP contribution in [0.3, 0.4) is 0 Å². The number of carbonyl (C=O) groups excluding carboxylic acids is 6. The second-order valence-electron chi connectivity index (χ2n) is 35.2. The van der Waals surface area contributed by atoms with Crippen molar-refractivity contribution in [3.63, 3.8) is 0 Å². The minimum Gasteiger partial charge on any atom is -0.445 e. The summed E-state index contributed by atoms with van der Waals surface area (Å²) in [5, 5.41) is 25.7. The first kappa shape index (κ1) is 92.2. The summed E-state index contributed by atoms with van der Waals surface area (Å²) in [6, 6.07) is 35.0. The van der Waals surface area contributed by atoms with E-state index in [4.69, 9.17) is 37.1 Å². The maximum absolute atomic E-state index is 12.9. The van der Waals surface area contributed by atoms with E-state index in [2.05, 4.69) is 96.3 Å². The van der Waals surface area contributed by atoms with Gasteiger partial charge in [-0.2, -0.15) is 10.5 Å². The number of nitrogens with two attached hydrogens (primary N) is 1. The van der Waals surface area contributed by atoms with Crippen molar-refractivity contribution in [3.8, 4) is 12.1 Å². The molecule has 12 heterocycles. The van der Waals surface area contributed by atoms with E-state index in [9.17, 15) is 34.0 Å². The van der Waals surface area contributed by atoms with Crippen LogP contribution in [0.4, 0.5) is 51.9 Å². The summed E-state index contributed by atoms with van der Waals surface area (Å²) in [6.45, 7) is 24.3. The molecule has 123 heavy (non-hydrogen) atoms. The van der Waals surface area contributed by atoms with Gasteiger partial charge in [-0.1, -0.05) is 97.2 Å². The van der Waals surface area contributed by atoms with Crippen LogP contribution in [0, 0.1) is 22.7 Å². The van der Waals surface area contributed by atoms with Crippen LogP contribution in [0.5, 0.6) is 0 Å². The summed E-state index contributed by atoms with van der Waals surface area (Å²) in [4.78, 5) is 118. The Morgan fingerprint density at radius 1 is 0.463 bits per heavy atom. The number of piperidine rings is 6. The number of carbonyl (C=O) groups is 6. The van der Waals surface area contributed by atoms with Crippen LogP contribution in [0.25, 0.3) is 0 Å². The van der Waals surface area contributed by atoms with Gasteiger partial charge in [-0.15, -0.1) is 0 Å². The molecule has 4 N–H and O–H groups in total. The molecule has 30 nitrogen and oxygen atoms in total. The zero-order chi connectivity index (χ0) is 87.2. The van der Waals surface area contributed by atoms with Gasteiger partial charge in [-0.25, -0.2) is 48.7 Å². The Labute approximate surface area is 733 Å². The first-order valence-electron chi connectivity index (χ1n) is 45.3. The molecule has 31 heteroatoms. The van der Waals surface area contributed by atoms with E-state index in [1.54, 1.807) is 32.0 Å². The fraction of sp³-hybridized carbons (Fsp3) is 0.630. The Balaban J connectivity index is 0.000000147. The van der Waals surface area contributed by atoms with Crippen LogP contribution in [0.15, 0.2) is 97.3 Å². The van der Waals surface area contributed by atoms with Crippen molar-refractivity contribution in [1.82, 2.24) is 79.2 Å². The van der Waals surface area contributed by atoms with E-state index in [1.807, 2.05) is 133 Å². The Bertz CT molecular complexity index is 4360. The number of halogens is 1. The Morgan fingerprint density at radius 3 is 1.34 bits per heavy atom. The average Bonchev–Trinajstić information content (AvgIpc) is 0.955. The molecule has 2 aromatic heterocycles. The van der Waals surface area contributed by atoms with Gasteiger partial charge in [0.15, 0.2) is 22.4 Å². The lowest BCUT2D eigenvalue weighted by Gasteiger charge is -2.47. The van der Waals surface area contributed by atoms with E-state index >= 15 is 0 Å². The van der Waals surface area contributed by atoms with Gasteiger partial charge in [0.25, 0.3) is 0 Å². The van der Waals surface area contributed by atoms with Gasteiger partial charge < -0.3 is 89.5 Å². The molecule has 11 aliphatic rings. The van der Waals surface area contributed by atoms with E-state index in [0.717, 1.165) is 191 Å². The maximum atomic E-state index is 12.9. The highest BCUT2D eigenvalue weighted by atomic mass is 35.5. The normalized spacial score (nSPS) is 25.7. The number of anilines is 4. The van der Waals surface area contributed by atoms with Crippen LogP contribution in [-0.2, 0) is 22.7 Å². The molecule has 0 bridgehead atoms. The number of aromatic nitrogens is 4. The van der Waals surface area contributed by atoms with Gasteiger partial charge in [0.05, 0.1) is 36.6 Å². The van der Waals surface area contributed by atoms with Gasteiger partial charge in [-0.05, 0) is 205 Å². The maximum Gasteiger partial charge on any atom is 0.410 e. The molecule has 1 aliphatic carbocycles. The number of benzene rings is 3. The van der Waals surface area contributed by atoms with E-state index in [-0.39, 0.29) is 108 Å². The van der Waals surface area contributed by atoms with Crippen molar-refractivity contribution in [2.45, 2.75) is 249 Å². The molecule has 10 saturated heterocycles. The van der Waals surface area contributed by atoms with Crippen molar-refractivity contribution in [1.29, 1.82) is 10.5 Å². The molecule has 10 atom stereocenters. The van der Waals surface area contributed by atoms with E-state index in [0.29, 0.717) is 42.8 Å². The second kappa shape index (κ2) is 44.5. The summed E-state index contributed by atoms with van der Waals surface area (Å²) < 4.78 is 10.8. The number of urea groups is 4. The lowest BCUT2D eigenvalue weighted by molar-refractivity contribution is 0.0286. The summed E-state index contributed by atoms with van der Waals surface area (Å²) >= 11 is 6.03. The molecule has 0 spiro atoms. The average molecular weight is 1710 g/mol. The topological polar surface area (TPSA) is 312 Å². The number of amides is 10. The third-order valence-corrected chi connectivity index (χ3v) is 27.5. The lowest BCUT2D eigenvalue weighted by atomic mass is 9.88. The fourth-order valence-corrected chi connectivity index (χ4v) is 20.1. The summed E-state index contributed by atoms with van der Waals surface area (Å²) in [5.41, 5.74) is 10.7. The zero-order valence-electron chi connectivity index (χ0n) is 74.0. The lowest BCUT2D eigenvalue weighted by Crippen LogP contribution is -2.60. The van der Waals surface area contributed by atoms with Crippen LogP contribution in [0.2, 0.25) is 5.15 Å². The zero-order valence-corrected chi connectivity index (χ0v) is 74.8. The Morgan fingerprint density at radius 2 is 0.878 bits per heavy atom. The molecule has 10 aliphatic heterocycles. The van der Waals surface area contributed by atoms with Gasteiger partial charge in [-0.3, -0.25) is 0 Å². The molecule has 3 aromatic carbocycles. The van der Waals surface area contributed by atoms with Crippen molar-refractivity contribution in [2.75, 3.05) is 141 Å². The molecule has 0 unspecified atom stereocenters. The molecule has 1 saturated carbocycles. The van der Waals surface area contributed by atoms with Crippen LogP contribution < -0.4 is 26.2 Å². The summed E-state index contributed by atoms with van der Waals surface area (Å²) in [6.07, 6.45) is 24.8. The first-order chi connectivity index (χ1) is 59.5. The van der Waals surface area contributed by atoms with Crippen LogP contribution in [0.1, 0.15) is 197 Å². The van der Waals surface area contributed by atoms with Crippen molar-refractivity contribution < 1.29 is 38.2 Å². The molecule has 0 radical (unpaired) electrons. The van der Waals surface area contributed by atoms with Crippen LogP contribution >= 0.6 is 11.6 Å². The standard InChI is InChI=1S/C32H44N8O.C19H27N3O3.C16H21ClN6O.C14H20N2O2.C11H21N3O/c1-23-29(40-18-6-16-37(2)32(40)41)9-5-17-39(23)30-22-34-28(21-33)31(36-30)35-26-12-10-24(11-13-26)25-14-19-38(20-15-25)27-7-3-4-8-27;1-15-17(22-13-7-11-20(2)18(22)23)10-6-12-21(15)19(24)25-14-16-8-4-3-5-9-16;1-11-13(23-8-4-6-21(2)16(23)24)5-3-7-22(11)14-10-19-12(9-18)15(17)20-14;1-11-13(15)8-5-9-16(11)14(17)18-10-12-6-3-2-4-7-12;1-9-10(5-3-6-12-9)14-8-4-7-13(2)11(14)15/h10-13,22-23,25,27,29H,3-9,14-20H2,1-2H3,(H,35,36);3-5,8-9,15,17H,6-7,10-14H2,1-2H3;10-11,13H,3-8H2,1-2H3;2-4,6-7,11,13H,5,8-10,15H2,1H3;9-10,12H,3-8H2,1-2H3/t23-,29-;15-,17-;2*11-,13-;9-,10-/m11111/s1. The number of hydrogen-bond donors (Lipinski definition) is 3. The largest absolute Gasteiger partial charge is 0.445 e. The monoisotopic (exact) mass is 1710 g/mol. The first-order valence-corrected chi connectivity index (χ1v) is 45.7. The highest BCUT2D eigenvalue weighted by Gasteiger charge is 2.43. The van der Waals surface area contributed by atoms with Crippen LogP contribution in [-0.4, -0.2) is 303 Å². The number of nitriles is 2. The van der Waals surface area contributed by atoms with Gasteiger partial charge in [0, 0.05) is 155 Å². The highest BCUT2D eigenvalue weighted by Crippen LogP contribution is 2.37. The molecular weight excluding hydrogens is 1580 g/mol. The summed E-state index contributed by atoms with van der Waals surface area (Å²) in [5.74, 6) is 2.49. The number of likely N-dealkylation sites (tertiary alicyclic amines) is 3. The summed E-state index contributed by atoms with van der Waals surface area (Å²) in [7, 11) is 7.48. The molecule has 666 valence electrons. The quantitative estimate of drug-likeness (QED) is 0.0930. The fourth-order valence-electron chi connectivity index (χ4n) is 19.9. The molecule has 16 rings (SSSR count). The predicted octanol–water partition coefficient (Wildman–Crippen LogP) is 13.4. The van der Waals surface area contributed by atoms with Crippen molar-refractivity contribution >= 4 is 71.1 Å². The Kier molecular flexibility index (Phi) is 33.4. The predicted molar refractivity (Wildman–Crippen MR) is 477 cm³/mol. The molecule has 11 fully saturated rings. The van der Waals surface area contributed by atoms with E-state index in [1.165, 1.54) is 63.6 Å². The molecular formula is C92H133ClN22O8. The number of nitrogens with one attached hydrogen (secondary N) is 2. The second-order valence-corrected chi connectivity index (χ2v) is 35.6. The molecule has 5 aromatic rings. The highest BCUT2D eigenvalue weighted by molar-refractivity contribution is 6.30. The number of hydrogen-bond acceptors (Lipinski definition) is 20. The van der Waals surface area contributed by atoms with Crippen molar-refractivity contribution in [3.05, 3.63) is 131 Å². The third-order valence-electron chi connectivity index (χ3n) is 27.2. The van der Waals surface area contributed by atoms with E-state index < -0.39 is 0 Å².